The smallest absolute Gasteiger partial charge is 0.248 e. The molecule has 0 radical (unpaired) electrons. The predicted octanol–water partition coefficient (Wildman–Crippen LogP) is 4.69. The van der Waals surface area contributed by atoms with Crippen LogP contribution in [0.25, 0.3) is 0 Å². The van der Waals surface area contributed by atoms with Crippen LogP contribution in [0.3, 0.4) is 0 Å². The third-order valence-electron chi connectivity index (χ3n) is 5.57. The topological polar surface area (TPSA) is 51.1 Å². The molecule has 2 heterocycles. The highest BCUT2D eigenvalue weighted by Crippen LogP contribution is 2.39. The van der Waals surface area contributed by atoms with Crippen LogP contribution in [0.15, 0.2) is 47.6 Å². The second-order valence-electron chi connectivity index (χ2n) is 7.92. The van der Waals surface area contributed by atoms with E-state index in [1.165, 1.54) is 12.0 Å². The molecule has 0 aromatic heterocycles. The van der Waals surface area contributed by atoms with Crippen LogP contribution in [-0.2, 0) is 25.6 Å². The molecule has 1 amide bonds. The van der Waals surface area contributed by atoms with E-state index in [1.807, 2.05) is 31.2 Å². The molecule has 2 aliphatic heterocycles. The van der Waals surface area contributed by atoms with E-state index in [0.29, 0.717) is 22.0 Å². The summed E-state index contributed by atoms with van der Waals surface area (Å²) in [5.74, 6) is -0.208. The van der Waals surface area contributed by atoms with Crippen molar-refractivity contribution in [2.75, 3.05) is 26.8 Å². The van der Waals surface area contributed by atoms with Crippen molar-refractivity contribution in [2.24, 2.45) is 5.16 Å². The average Bonchev–Trinajstić information content (AvgIpc) is 3.09. The first-order valence-corrected chi connectivity index (χ1v) is 10.3. The molecule has 4 rings (SSSR count). The van der Waals surface area contributed by atoms with Crippen LogP contribution in [0, 0.1) is 0 Å². The quantitative estimate of drug-likeness (QED) is 0.663. The first kappa shape index (κ1) is 21.1. The van der Waals surface area contributed by atoms with Crippen LogP contribution < -0.4 is 0 Å². The van der Waals surface area contributed by atoms with Crippen molar-refractivity contribution >= 4 is 34.8 Å². The maximum atomic E-state index is 15.1. The molecule has 2 aliphatic rings. The van der Waals surface area contributed by atoms with Crippen molar-refractivity contribution in [1.29, 1.82) is 0 Å². The Labute approximate surface area is 184 Å². The highest BCUT2D eigenvalue weighted by molar-refractivity contribution is 6.34. The summed E-state index contributed by atoms with van der Waals surface area (Å²) in [4.78, 5) is 19.0. The number of carbonyl (C=O) groups is 1. The monoisotopic (exact) mass is 450 g/mol. The van der Waals surface area contributed by atoms with E-state index < -0.39 is 11.3 Å². The second-order valence-corrected chi connectivity index (χ2v) is 8.79. The van der Waals surface area contributed by atoms with E-state index in [1.54, 1.807) is 18.2 Å². The SMILES string of the molecule is COCC(=O)N1CC(F)(c2ccc(C3=NOC(C)(c4cc(Cl)cc(Cl)c4)C3)cc2)C1. The lowest BCUT2D eigenvalue weighted by Crippen LogP contribution is -2.59. The summed E-state index contributed by atoms with van der Waals surface area (Å²) in [7, 11) is 1.44. The van der Waals surface area contributed by atoms with Gasteiger partial charge >= 0.3 is 0 Å². The number of alkyl halides is 1. The van der Waals surface area contributed by atoms with E-state index in [4.69, 9.17) is 32.8 Å². The van der Waals surface area contributed by atoms with Gasteiger partial charge in [-0.05, 0) is 36.2 Å². The molecule has 1 atom stereocenters. The maximum absolute atomic E-state index is 15.1. The van der Waals surface area contributed by atoms with Gasteiger partial charge in [-0.1, -0.05) is 52.6 Å². The molecule has 0 spiro atoms. The standard InChI is InChI=1S/C22H21Cl2FN2O3/c1-21(16-7-17(23)9-18(24)8-16)10-19(26-30-21)14-3-5-15(6-4-14)22(25)12-27(13-22)20(28)11-29-2/h3-9H,10-13H2,1-2H3. The Kier molecular flexibility index (Phi) is 5.51. The number of ether oxygens (including phenoxy) is 1. The van der Waals surface area contributed by atoms with E-state index in [9.17, 15) is 4.79 Å². The van der Waals surface area contributed by atoms with Gasteiger partial charge < -0.3 is 14.5 Å². The Hall–Kier alpha value is -2.15. The van der Waals surface area contributed by atoms with Crippen molar-refractivity contribution in [3.05, 3.63) is 69.2 Å². The first-order chi connectivity index (χ1) is 14.2. The van der Waals surface area contributed by atoms with Crippen LogP contribution in [-0.4, -0.2) is 43.3 Å². The molecule has 0 N–H and O–H groups in total. The van der Waals surface area contributed by atoms with Gasteiger partial charge in [-0.2, -0.15) is 0 Å². The minimum absolute atomic E-state index is 0.0339. The maximum Gasteiger partial charge on any atom is 0.248 e. The molecular formula is C22H21Cl2FN2O3. The number of nitrogens with zero attached hydrogens (tertiary/aromatic N) is 2. The van der Waals surface area contributed by atoms with Crippen molar-refractivity contribution in [3.8, 4) is 0 Å². The van der Waals surface area contributed by atoms with Crippen LogP contribution >= 0.6 is 23.2 Å². The van der Waals surface area contributed by atoms with Gasteiger partial charge in [0.05, 0.1) is 18.8 Å². The van der Waals surface area contributed by atoms with Gasteiger partial charge in [-0.15, -0.1) is 0 Å². The predicted molar refractivity (Wildman–Crippen MR) is 114 cm³/mol. The molecular weight excluding hydrogens is 430 g/mol. The fraction of sp³-hybridized carbons (Fsp3) is 0.364. The molecule has 0 saturated carbocycles. The molecule has 5 nitrogen and oxygen atoms in total. The summed E-state index contributed by atoms with van der Waals surface area (Å²) >= 11 is 12.3. The lowest BCUT2D eigenvalue weighted by molar-refractivity contribution is -0.150. The van der Waals surface area contributed by atoms with Crippen LogP contribution in [0.5, 0.6) is 0 Å². The zero-order valence-corrected chi connectivity index (χ0v) is 18.1. The molecule has 1 saturated heterocycles. The number of carbonyl (C=O) groups excluding carboxylic acids is 1. The van der Waals surface area contributed by atoms with Crippen LogP contribution in [0.4, 0.5) is 4.39 Å². The number of methoxy groups -OCH3 is 1. The van der Waals surface area contributed by atoms with Gasteiger partial charge in [0.2, 0.25) is 5.91 Å². The highest BCUT2D eigenvalue weighted by atomic mass is 35.5. The van der Waals surface area contributed by atoms with Gasteiger partial charge in [0.1, 0.15) is 6.61 Å². The zero-order valence-electron chi connectivity index (χ0n) is 16.6. The molecule has 0 aliphatic carbocycles. The normalized spacial score (nSPS) is 22.3. The summed E-state index contributed by atoms with van der Waals surface area (Å²) in [5.41, 5.74) is 0.775. The Morgan fingerprint density at radius 1 is 1.17 bits per heavy atom. The molecule has 2 aromatic carbocycles. The Morgan fingerprint density at radius 2 is 1.80 bits per heavy atom. The highest BCUT2D eigenvalue weighted by Gasteiger charge is 2.47. The minimum Gasteiger partial charge on any atom is -0.384 e. The minimum atomic E-state index is -1.54. The van der Waals surface area contributed by atoms with Crippen LogP contribution in [0.1, 0.15) is 30.0 Å². The largest absolute Gasteiger partial charge is 0.384 e. The van der Waals surface area contributed by atoms with Crippen molar-refractivity contribution in [3.63, 3.8) is 0 Å². The summed E-state index contributed by atoms with van der Waals surface area (Å²) in [6, 6.07) is 12.4. The van der Waals surface area contributed by atoms with Crippen molar-refractivity contribution in [2.45, 2.75) is 24.6 Å². The van der Waals surface area contributed by atoms with Crippen molar-refractivity contribution < 1.29 is 18.8 Å². The summed E-state index contributed by atoms with van der Waals surface area (Å²) in [6.07, 6.45) is 0.531. The number of amides is 1. The number of likely N-dealkylation sites (tertiary alicyclic amines) is 1. The van der Waals surface area contributed by atoms with Gasteiger partial charge in [0, 0.05) is 29.1 Å². The fourth-order valence-corrected chi connectivity index (χ4v) is 4.33. The average molecular weight is 451 g/mol. The lowest BCUT2D eigenvalue weighted by atomic mass is 9.86. The second kappa shape index (κ2) is 7.84. The van der Waals surface area contributed by atoms with Gasteiger partial charge in [0.25, 0.3) is 0 Å². The molecule has 158 valence electrons. The molecule has 30 heavy (non-hydrogen) atoms. The van der Waals surface area contributed by atoms with Gasteiger partial charge in [0.15, 0.2) is 11.3 Å². The zero-order chi connectivity index (χ0) is 21.5. The fourth-order valence-electron chi connectivity index (χ4n) is 3.80. The molecule has 2 aromatic rings. The van der Waals surface area contributed by atoms with Gasteiger partial charge in [-0.25, -0.2) is 4.39 Å². The number of oxime groups is 1. The summed E-state index contributed by atoms with van der Waals surface area (Å²) < 4.78 is 19.9. The number of hydrogen-bond donors (Lipinski definition) is 0. The summed E-state index contributed by atoms with van der Waals surface area (Å²) in [5, 5.41) is 5.31. The Balaban J connectivity index is 1.45. The Morgan fingerprint density at radius 3 is 2.40 bits per heavy atom. The number of hydrogen-bond acceptors (Lipinski definition) is 4. The number of rotatable bonds is 5. The van der Waals surface area contributed by atoms with E-state index in [-0.39, 0.29) is 25.6 Å². The van der Waals surface area contributed by atoms with Crippen LogP contribution in [0.2, 0.25) is 10.0 Å². The number of halogens is 3. The number of benzene rings is 2. The third-order valence-corrected chi connectivity index (χ3v) is 6.01. The molecule has 0 bridgehead atoms. The van der Waals surface area contributed by atoms with E-state index in [0.717, 1.165) is 16.8 Å². The first-order valence-electron chi connectivity index (χ1n) is 9.51. The lowest BCUT2D eigenvalue weighted by Gasteiger charge is -2.44. The van der Waals surface area contributed by atoms with E-state index in [2.05, 4.69) is 5.16 Å². The molecule has 1 fully saturated rings. The third kappa shape index (κ3) is 3.92. The Bertz CT molecular complexity index is 986. The van der Waals surface area contributed by atoms with E-state index >= 15 is 4.39 Å². The van der Waals surface area contributed by atoms with Gasteiger partial charge in [-0.3, -0.25) is 4.79 Å². The summed E-state index contributed by atoms with van der Waals surface area (Å²) in [6.45, 7) is 1.96. The van der Waals surface area contributed by atoms with Crippen molar-refractivity contribution in [1.82, 2.24) is 4.90 Å². The molecule has 8 heteroatoms. The molecule has 1 unspecified atom stereocenters.